The molecule has 1 fully saturated rings. The zero-order valence-corrected chi connectivity index (χ0v) is 18.4. The number of rotatable bonds is 4. The molecule has 162 valence electrons. The molecule has 0 saturated carbocycles. The Morgan fingerprint density at radius 3 is 2.55 bits per heavy atom. The summed E-state index contributed by atoms with van der Waals surface area (Å²) in [5, 5.41) is 0.480. The molecule has 7 nitrogen and oxygen atoms in total. The van der Waals surface area contributed by atoms with Gasteiger partial charge in [-0.3, -0.25) is 14.5 Å². The maximum Gasteiger partial charge on any atom is 0.327 e. The van der Waals surface area contributed by atoms with Gasteiger partial charge < -0.3 is 14.5 Å². The fourth-order valence-electron chi connectivity index (χ4n) is 3.31. The summed E-state index contributed by atoms with van der Waals surface area (Å²) in [6.07, 6.45) is 1.61. The van der Waals surface area contributed by atoms with Crippen molar-refractivity contribution in [3.8, 4) is 5.75 Å². The lowest BCUT2D eigenvalue weighted by Crippen LogP contribution is -2.46. The lowest BCUT2D eigenvalue weighted by Gasteiger charge is -2.25. The van der Waals surface area contributed by atoms with Crippen LogP contribution in [0.25, 0.3) is 6.08 Å². The van der Waals surface area contributed by atoms with E-state index in [0.29, 0.717) is 22.9 Å². The number of urea groups is 1. The maximum atomic E-state index is 13.3. The van der Waals surface area contributed by atoms with Crippen LogP contribution in [0.5, 0.6) is 5.75 Å². The van der Waals surface area contributed by atoms with E-state index < -0.39 is 11.9 Å². The van der Waals surface area contributed by atoms with E-state index in [0.717, 1.165) is 10.5 Å². The highest BCUT2D eigenvalue weighted by atomic mass is 35.5. The van der Waals surface area contributed by atoms with Gasteiger partial charge in [-0.15, -0.1) is 0 Å². The van der Waals surface area contributed by atoms with Crippen LogP contribution in [0.2, 0.25) is 5.02 Å². The van der Waals surface area contributed by atoms with E-state index in [-0.39, 0.29) is 24.6 Å². The van der Waals surface area contributed by atoms with Gasteiger partial charge in [0.2, 0.25) is 5.91 Å². The molecule has 1 aliphatic rings. The van der Waals surface area contributed by atoms with Crippen molar-refractivity contribution in [1.29, 1.82) is 0 Å². The van der Waals surface area contributed by atoms with Crippen LogP contribution in [-0.2, 0) is 16.1 Å². The molecule has 0 aliphatic carbocycles. The fourth-order valence-corrected chi connectivity index (χ4v) is 3.49. The molecule has 0 unspecified atom stereocenters. The van der Waals surface area contributed by atoms with Crippen LogP contribution in [-0.4, -0.2) is 66.8 Å². The molecule has 0 spiro atoms. The average molecular weight is 442 g/mol. The van der Waals surface area contributed by atoms with Crippen LogP contribution in [0.1, 0.15) is 11.1 Å². The minimum Gasteiger partial charge on any atom is -0.496 e. The van der Waals surface area contributed by atoms with Gasteiger partial charge in [-0.25, -0.2) is 4.79 Å². The summed E-state index contributed by atoms with van der Waals surface area (Å²) in [6, 6.07) is 13.9. The van der Waals surface area contributed by atoms with E-state index in [1.54, 1.807) is 38.4 Å². The van der Waals surface area contributed by atoms with Gasteiger partial charge in [-0.05, 0) is 29.8 Å². The minimum atomic E-state index is -0.540. The number of hydrogen-bond donors (Lipinski definition) is 0. The second-order valence-corrected chi connectivity index (χ2v) is 7.76. The van der Waals surface area contributed by atoms with Crippen LogP contribution in [0.4, 0.5) is 4.79 Å². The molecule has 8 heteroatoms. The summed E-state index contributed by atoms with van der Waals surface area (Å²) in [6.45, 7) is 0.0610. The quantitative estimate of drug-likeness (QED) is 0.683. The number of carbonyl (C=O) groups excluding carboxylic acids is 3. The number of nitrogens with zero attached hydrogens (tertiary/aromatic N) is 3. The van der Waals surface area contributed by atoms with Crippen molar-refractivity contribution in [1.82, 2.24) is 14.7 Å². The molecule has 1 aliphatic heterocycles. The van der Waals surface area contributed by atoms with Crippen LogP contribution < -0.4 is 4.74 Å². The molecule has 2 aromatic rings. The molecule has 0 aromatic heterocycles. The highest BCUT2D eigenvalue weighted by Crippen LogP contribution is 2.26. The number of imide groups is 1. The van der Waals surface area contributed by atoms with Crippen molar-refractivity contribution < 1.29 is 19.1 Å². The molecule has 1 heterocycles. The van der Waals surface area contributed by atoms with Crippen molar-refractivity contribution in [3.05, 3.63) is 70.3 Å². The van der Waals surface area contributed by atoms with Gasteiger partial charge in [-0.1, -0.05) is 41.9 Å². The summed E-state index contributed by atoms with van der Waals surface area (Å²) < 4.78 is 5.35. The molecule has 0 bridgehead atoms. The Bertz CT molecular complexity index is 1020. The predicted molar refractivity (Wildman–Crippen MR) is 119 cm³/mol. The minimum absolute atomic E-state index is 0.0690. The molecule has 0 radical (unpaired) electrons. The fraction of sp³-hybridized carbons (Fsp3) is 0.261. The molecule has 3 rings (SSSR count). The van der Waals surface area contributed by atoms with Crippen molar-refractivity contribution in [2.75, 3.05) is 34.3 Å². The summed E-state index contributed by atoms with van der Waals surface area (Å²) >= 11 is 6.10. The first-order valence-corrected chi connectivity index (χ1v) is 10.1. The monoisotopic (exact) mass is 441 g/mol. The average Bonchev–Trinajstić information content (AvgIpc) is 2.86. The first-order chi connectivity index (χ1) is 14.8. The zero-order valence-electron chi connectivity index (χ0n) is 17.7. The molecule has 4 amide bonds. The highest BCUT2D eigenvalue weighted by molar-refractivity contribution is 6.30. The van der Waals surface area contributed by atoms with Crippen LogP contribution in [0, 0.1) is 0 Å². The Kier molecular flexibility index (Phi) is 6.97. The zero-order chi connectivity index (χ0) is 22.5. The summed E-state index contributed by atoms with van der Waals surface area (Å²) in [5.74, 6) is -0.317. The van der Waals surface area contributed by atoms with E-state index in [2.05, 4.69) is 0 Å². The molecular formula is C23H24ClN3O4. The highest BCUT2D eigenvalue weighted by Gasteiger charge is 2.34. The second-order valence-electron chi connectivity index (χ2n) is 7.32. The Morgan fingerprint density at radius 2 is 1.87 bits per heavy atom. The van der Waals surface area contributed by atoms with Crippen molar-refractivity contribution >= 4 is 35.5 Å². The third-order valence-electron chi connectivity index (χ3n) is 4.99. The number of benzene rings is 2. The van der Waals surface area contributed by atoms with Crippen LogP contribution >= 0.6 is 11.6 Å². The molecule has 2 aromatic carbocycles. The van der Waals surface area contributed by atoms with Crippen molar-refractivity contribution in [3.63, 3.8) is 0 Å². The van der Waals surface area contributed by atoms with Gasteiger partial charge in [0, 0.05) is 36.8 Å². The van der Waals surface area contributed by atoms with E-state index >= 15 is 0 Å². The predicted octanol–water partition coefficient (Wildman–Crippen LogP) is 3.28. The Hall–Kier alpha value is -3.32. The smallest absolute Gasteiger partial charge is 0.327 e. The van der Waals surface area contributed by atoms with E-state index in [9.17, 15) is 14.4 Å². The molecule has 1 saturated heterocycles. The van der Waals surface area contributed by atoms with E-state index in [1.807, 2.05) is 30.3 Å². The maximum absolute atomic E-state index is 13.3. The number of amides is 4. The standard InChI is InChI=1S/C23H24ClN3O4/c1-25-14-18(11-17-12-19(24)9-10-20(17)31-3)22(29)27(15-21(25)28)23(30)26(2)13-16-7-5-4-6-8-16/h4-12H,13-15H2,1-3H3/b18-11+. The SMILES string of the molecule is COc1ccc(Cl)cc1/C=C1\CN(C)C(=O)CN(C(=O)N(C)Cc2ccccc2)C1=O. The van der Waals surface area contributed by atoms with Crippen LogP contribution in [0.15, 0.2) is 54.1 Å². The second kappa shape index (κ2) is 9.66. The Labute approximate surface area is 186 Å². The van der Waals surface area contributed by atoms with Gasteiger partial charge in [0.25, 0.3) is 5.91 Å². The number of hydrogen-bond acceptors (Lipinski definition) is 4. The van der Waals surface area contributed by atoms with Gasteiger partial charge in [0.1, 0.15) is 12.3 Å². The summed E-state index contributed by atoms with van der Waals surface area (Å²) in [4.78, 5) is 42.7. The third-order valence-corrected chi connectivity index (χ3v) is 5.22. The van der Waals surface area contributed by atoms with Gasteiger partial charge in [0.05, 0.1) is 13.7 Å². The third kappa shape index (κ3) is 5.24. The van der Waals surface area contributed by atoms with Crippen molar-refractivity contribution in [2.45, 2.75) is 6.54 Å². The molecule has 0 atom stereocenters. The van der Waals surface area contributed by atoms with Crippen molar-refractivity contribution in [2.24, 2.45) is 0 Å². The normalized spacial score (nSPS) is 15.8. The number of halogens is 1. The lowest BCUT2D eigenvalue weighted by molar-refractivity contribution is -0.133. The number of ether oxygens (including phenoxy) is 1. The first kappa shape index (κ1) is 22.4. The lowest BCUT2D eigenvalue weighted by atomic mass is 10.1. The number of likely N-dealkylation sites (N-methyl/N-ethyl adjacent to an activating group) is 1. The van der Waals surface area contributed by atoms with Gasteiger partial charge in [0.15, 0.2) is 0 Å². The molecule has 0 N–H and O–H groups in total. The summed E-state index contributed by atoms with van der Waals surface area (Å²) in [7, 11) is 4.72. The van der Waals surface area contributed by atoms with E-state index in [4.69, 9.17) is 16.3 Å². The Morgan fingerprint density at radius 1 is 1.16 bits per heavy atom. The topological polar surface area (TPSA) is 70.2 Å². The molecule has 31 heavy (non-hydrogen) atoms. The number of carbonyl (C=O) groups is 3. The van der Waals surface area contributed by atoms with Gasteiger partial charge >= 0.3 is 6.03 Å². The van der Waals surface area contributed by atoms with Crippen LogP contribution in [0.3, 0.4) is 0 Å². The Balaban J connectivity index is 1.92. The summed E-state index contributed by atoms with van der Waals surface area (Å²) in [5.41, 5.74) is 1.80. The largest absolute Gasteiger partial charge is 0.496 e. The van der Waals surface area contributed by atoms with E-state index in [1.165, 1.54) is 16.9 Å². The van der Waals surface area contributed by atoms with Gasteiger partial charge in [-0.2, -0.15) is 0 Å². The molecular weight excluding hydrogens is 418 g/mol. The number of methoxy groups -OCH3 is 1. The first-order valence-electron chi connectivity index (χ1n) is 9.69.